The summed E-state index contributed by atoms with van der Waals surface area (Å²) in [5.74, 6) is -0.455. The summed E-state index contributed by atoms with van der Waals surface area (Å²) >= 11 is 1.32. The third kappa shape index (κ3) is 3.27. The van der Waals surface area contributed by atoms with Gasteiger partial charge in [-0.15, -0.1) is 11.3 Å². The Kier molecular flexibility index (Phi) is 4.27. The van der Waals surface area contributed by atoms with E-state index in [1.807, 2.05) is 12.3 Å². The van der Waals surface area contributed by atoms with Crippen molar-refractivity contribution in [2.75, 3.05) is 5.32 Å². The number of carboxylic acids is 1. The number of carboxylic acid groups (broad SMARTS) is 1. The lowest BCUT2D eigenvalue weighted by Gasteiger charge is -2.36. The average Bonchev–Trinajstić information content (AvgIpc) is 2.77. The van der Waals surface area contributed by atoms with Crippen molar-refractivity contribution in [3.8, 4) is 0 Å². The van der Waals surface area contributed by atoms with Crippen molar-refractivity contribution in [1.82, 2.24) is 10.3 Å². The Balaban J connectivity index is 2.01. The lowest BCUT2D eigenvalue weighted by molar-refractivity contribution is -0.146. The van der Waals surface area contributed by atoms with Crippen molar-refractivity contribution in [3.05, 3.63) is 11.1 Å². The zero-order valence-electron chi connectivity index (χ0n) is 11.6. The van der Waals surface area contributed by atoms with Crippen LogP contribution in [0.5, 0.6) is 0 Å². The first-order valence-corrected chi connectivity index (χ1v) is 7.54. The molecule has 20 heavy (non-hydrogen) atoms. The summed E-state index contributed by atoms with van der Waals surface area (Å²) in [7, 11) is 0. The van der Waals surface area contributed by atoms with Gasteiger partial charge in [-0.25, -0.2) is 14.6 Å². The van der Waals surface area contributed by atoms with Crippen molar-refractivity contribution in [1.29, 1.82) is 0 Å². The number of thiazole rings is 1. The molecule has 3 N–H and O–H groups in total. The van der Waals surface area contributed by atoms with Gasteiger partial charge in [-0.05, 0) is 38.5 Å². The van der Waals surface area contributed by atoms with E-state index >= 15 is 0 Å². The minimum Gasteiger partial charge on any atom is -0.480 e. The van der Waals surface area contributed by atoms with Crippen LogP contribution in [-0.4, -0.2) is 27.6 Å². The molecule has 0 spiro atoms. The fourth-order valence-electron chi connectivity index (χ4n) is 2.40. The summed E-state index contributed by atoms with van der Waals surface area (Å²) in [5, 5.41) is 17.0. The number of anilines is 1. The van der Waals surface area contributed by atoms with Gasteiger partial charge in [-0.1, -0.05) is 6.92 Å². The second-order valence-electron chi connectivity index (χ2n) is 5.44. The molecule has 0 atom stereocenters. The van der Waals surface area contributed by atoms with E-state index in [0.717, 1.165) is 18.5 Å². The minimum absolute atomic E-state index is 0.466. The van der Waals surface area contributed by atoms with E-state index in [2.05, 4.69) is 22.5 Å². The van der Waals surface area contributed by atoms with Crippen LogP contribution in [0.1, 0.15) is 38.3 Å². The van der Waals surface area contributed by atoms with Crippen molar-refractivity contribution in [3.63, 3.8) is 0 Å². The van der Waals surface area contributed by atoms with Gasteiger partial charge in [0.15, 0.2) is 5.13 Å². The summed E-state index contributed by atoms with van der Waals surface area (Å²) in [6.45, 7) is 3.94. The predicted octanol–water partition coefficient (Wildman–Crippen LogP) is 2.61. The largest absolute Gasteiger partial charge is 0.480 e. The van der Waals surface area contributed by atoms with E-state index in [4.69, 9.17) is 0 Å². The van der Waals surface area contributed by atoms with Crippen LogP contribution in [0, 0.1) is 12.8 Å². The Hall–Kier alpha value is -1.63. The van der Waals surface area contributed by atoms with E-state index in [1.54, 1.807) is 0 Å². The molecule has 1 saturated carbocycles. The number of nitrogens with zero attached hydrogens (tertiary/aromatic N) is 1. The van der Waals surface area contributed by atoms with Gasteiger partial charge in [-0.3, -0.25) is 5.32 Å². The number of hydrogen-bond donors (Lipinski definition) is 3. The third-order valence-corrected chi connectivity index (χ3v) is 4.61. The number of aromatic nitrogens is 1. The number of carbonyl (C=O) groups excluding carboxylic acids is 1. The Labute approximate surface area is 121 Å². The summed E-state index contributed by atoms with van der Waals surface area (Å²) in [4.78, 5) is 27.6. The molecule has 1 fully saturated rings. The molecule has 1 aliphatic rings. The number of aliphatic carboxylic acids is 1. The number of hydrogen-bond acceptors (Lipinski definition) is 4. The van der Waals surface area contributed by atoms with Gasteiger partial charge in [0.05, 0.1) is 5.69 Å². The van der Waals surface area contributed by atoms with Crippen LogP contribution in [0.15, 0.2) is 5.38 Å². The van der Waals surface area contributed by atoms with E-state index in [0.29, 0.717) is 23.9 Å². The highest BCUT2D eigenvalue weighted by Gasteiger charge is 2.42. The molecule has 1 aliphatic carbocycles. The summed E-state index contributed by atoms with van der Waals surface area (Å²) in [6.07, 6.45) is 2.55. The van der Waals surface area contributed by atoms with Crippen molar-refractivity contribution in [2.24, 2.45) is 5.92 Å². The number of rotatable bonds is 3. The molecule has 1 heterocycles. The first kappa shape index (κ1) is 14.8. The Morgan fingerprint density at radius 3 is 2.60 bits per heavy atom. The van der Waals surface area contributed by atoms with E-state index in [9.17, 15) is 14.7 Å². The molecule has 0 aliphatic heterocycles. The molecule has 0 aromatic carbocycles. The zero-order valence-corrected chi connectivity index (χ0v) is 12.4. The monoisotopic (exact) mass is 297 g/mol. The topological polar surface area (TPSA) is 91.3 Å². The highest BCUT2D eigenvalue weighted by atomic mass is 32.1. The standard InChI is InChI=1S/C13H19N3O3S/c1-8-3-5-13(6-4-8,10(17)18)16-11(19)15-12-14-9(2)7-20-12/h7-8H,3-6H2,1-2H3,(H,17,18)(H2,14,15,16,19). The van der Waals surface area contributed by atoms with Crippen LogP contribution < -0.4 is 10.6 Å². The molecule has 1 aromatic rings. The van der Waals surface area contributed by atoms with Crippen molar-refractivity contribution in [2.45, 2.75) is 45.1 Å². The molecule has 6 nitrogen and oxygen atoms in total. The van der Waals surface area contributed by atoms with Crippen LogP contribution in [0.25, 0.3) is 0 Å². The van der Waals surface area contributed by atoms with E-state index < -0.39 is 17.5 Å². The smallest absolute Gasteiger partial charge is 0.329 e. The van der Waals surface area contributed by atoms with Crippen LogP contribution >= 0.6 is 11.3 Å². The number of carbonyl (C=O) groups is 2. The van der Waals surface area contributed by atoms with Crippen LogP contribution in [0.2, 0.25) is 0 Å². The maximum absolute atomic E-state index is 12.0. The molecule has 2 amide bonds. The van der Waals surface area contributed by atoms with E-state index in [-0.39, 0.29) is 0 Å². The number of urea groups is 1. The molecule has 0 unspecified atom stereocenters. The van der Waals surface area contributed by atoms with Crippen molar-refractivity contribution >= 4 is 28.5 Å². The van der Waals surface area contributed by atoms with Gasteiger partial charge >= 0.3 is 12.0 Å². The molecule has 7 heteroatoms. The van der Waals surface area contributed by atoms with Gasteiger partial charge in [0.25, 0.3) is 0 Å². The predicted molar refractivity (Wildman–Crippen MR) is 77.0 cm³/mol. The second-order valence-corrected chi connectivity index (χ2v) is 6.30. The fraction of sp³-hybridized carbons (Fsp3) is 0.615. The molecule has 0 saturated heterocycles. The molecule has 2 rings (SSSR count). The molecule has 110 valence electrons. The lowest BCUT2D eigenvalue weighted by atomic mass is 9.77. The number of amides is 2. The fourth-order valence-corrected chi connectivity index (χ4v) is 3.09. The van der Waals surface area contributed by atoms with Gasteiger partial charge in [0.2, 0.25) is 0 Å². The molecule has 1 aromatic heterocycles. The Bertz CT molecular complexity index is 507. The zero-order chi connectivity index (χ0) is 14.8. The quantitative estimate of drug-likeness (QED) is 0.799. The van der Waals surface area contributed by atoms with Crippen molar-refractivity contribution < 1.29 is 14.7 Å². The van der Waals surface area contributed by atoms with Gasteiger partial charge in [0, 0.05) is 5.38 Å². The van der Waals surface area contributed by atoms with Crippen LogP contribution in [0.4, 0.5) is 9.93 Å². The molecule has 0 radical (unpaired) electrons. The summed E-state index contributed by atoms with van der Waals surface area (Å²) in [5.41, 5.74) is -0.326. The maximum atomic E-state index is 12.0. The highest BCUT2D eigenvalue weighted by molar-refractivity contribution is 7.13. The molecule has 0 bridgehead atoms. The highest BCUT2D eigenvalue weighted by Crippen LogP contribution is 2.32. The van der Waals surface area contributed by atoms with Gasteiger partial charge in [0.1, 0.15) is 5.54 Å². The van der Waals surface area contributed by atoms with Gasteiger partial charge < -0.3 is 10.4 Å². The van der Waals surface area contributed by atoms with Gasteiger partial charge in [-0.2, -0.15) is 0 Å². The average molecular weight is 297 g/mol. The van der Waals surface area contributed by atoms with Crippen LogP contribution in [-0.2, 0) is 4.79 Å². The van der Waals surface area contributed by atoms with E-state index in [1.165, 1.54) is 11.3 Å². The third-order valence-electron chi connectivity index (χ3n) is 3.73. The normalized spacial score (nSPS) is 26.0. The first-order valence-electron chi connectivity index (χ1n) is 6.66. The number of nitrogens with one attached hydrogen (secondary N) is 2. The maximum Gasteiger partial charge on any atom is 0.329 e. The van der Waals surface area contributed by atoms with Crippen LogP contribution in [0.3, 0.4) is 0 Å². The molecular formula is C13H19N3O3S. The Morgan fingerprint density at radius 2 is 2.10 bits per heavy atom. The summed E-state index contributed by atoms with van der Waals surface area (Å²) < 4.78 is 0. The first-order chi connectivity index (χ1) is 9.41. The SMILES string of the molecule is Cc1csc(NC(=O)NC2(C(=O)O)CCC(C)CC2)n1. The number of aryl methyl sites for hydroxylation is 1. The second kappa shape index (κ2) is 5.78. The summed E-state index contributed by atoms with van der Waals surface area (Å²) in [6, 6.07) is -0.503. The Morgan fingerprint density at radius 1 is 1.45 bits per heavy atom. The molecular weight excluding hydrogens is 278 g/mol. The lowest BCUT2D eigenvalue weighted by Crippen LogP contribution is -2.57. The minimum atomic E-state index is -1.15.